The lowest BCUT2D eigenvalue weighted by molar-refractivity contribution is -0.274. The molecule has 0 unspecified atom stereocenters. The molecule has 0 aliphatic heterocycles. The fourth-order valence-corrected chi connectivity index (χ4v) is 2.41. The van der Waals surface area contributed by atoms with E-state index in [9.17, 15) is 18.0 Å². The Morgan fingerprint density at radius 1 is 1.20 bits per heavy atom. The van der Waals surface area contributed by atoms with E-state index in [4.69, 9.17) is 5.73 Å². The molecule has 2 rings (SSSR count). The lowest BCUT2D eigenvalue weighted by atomic mass is 10.1. The van der Waals surface area contributed by atoms with Crippen LogP contribution in [0.5, 0.6) is 5.75 Å². The summed E-state index contributed by atoms with van der Waals surface area (Å²) in [6.07, 6.45) is -4.18. The molecule has 1 aromatic heterocycles. The average Bonchev–Trinajstić information content (AvgIpc) is 2.78. The highest BCUT2D eigenvalue weighted by Gasteiger charge is 2.30. The Morgan fingerprint density at radius 2 is 1.85 bits per heavy atom. The highest BCUT2D eigenvalue weighted by Crippen LogP contribution is 2.24. The lowest BCUT2D eigenvalue weighted by Crippen LogP contribution is -2.17. The van der Waals surface area contributed by atoms with Gasteiger partial charge in [-0.1, -0.05) is 12.1 Å². The van der Waals surface area contributed by atoms with Crippen molar-refractivity contribution in [2.45, 2.75) is 12.8 Å². The molecule has 0 aliphatic carbocycles. The van der Waals surface area contributed by atoms with Crippen molar-refractivity contribution in [3.8, 4) is 5.75 Å². The molecule has 0 fully saturated rings. The fourth-order valence-electron chi connectivity index (χ4n) is 1.64. The number of halogens is 3. The van der Waals surface area contributed by atoms with Crippen molar-refractivity contribution in [1.29, 1.82) is 0 Å². The summed E-state index contributed by atoms with van der Waals surface area (Å²) in [5.74, 6) is -0.750. The Hall–Kier alpha value is -2.02. The summed E-state index contributed by atoms with van der Waals surface area (Å²) in [6, 6.07) is 7.27. The molecular formula is C13H10F3NO2S. The number of rotatable bonds is 4. The Labute approximate surface area is 116 Å². The maximum Gasteiger partial charge on any atom is 0.573 e. The summed E-state index contributed by atoms with van der Waals surface area (Å²) in [6.45, 7) is 0. The predicted octanol–water partition coefficient (Wildman–Crippen LogP) is 3.34. The van der Waals surface area contributed by atoms with Gasteiger partial charge in [-0.25, -0.2) is 0 Å². The molecule has 7 heteroatoms. The zero-order valence-corrected chi connectivity index (χ0v) is 10.9. The van der Waals surface area contributed by atoms with Gasteiger partial charge in [0.05, 0.1) is 4.88 Å². The summed E-state index contributed by atoms with van der Waals surface area (Å²) in [5.41, 5.74) is 6.84. The molecule has 0 aliphatic rings. The molecule has 0 spiro atoms. The van der Waals surface area contributed by atoms with Crippen molar-refractivity contribution < 1.29 is 22.7 Å². The maximum absolute atomic E-state index is 12.0. The molecule has 20 heavy (non-hydrogen) atoms. The third-order valence-corrected chi connectivity index (χ3v) is 3.46. The number of nitrogens with two attached hydrogens (primary N) is 1. The van der Waals surface area contributed by atoms with Crippen LogP contribution in [0, 0.1) is 0 Å². The van der Waals surface area contributed by atoms with Crippen molar-refractivity contribution in [2.75, 3.05) is 0 Å². The number of benzene rings is 1. The van der Waals surface area contributed by atoms with E-state index in [-0.39, 0.29) is 5.75 Å². The van der Waals surface area contributed by atoms with Crippen LogP contribution >= 0.6 is 11.3 Å². The Balaban J connectivity index is 2.04. The van der Waals surface area contributed by atoms with E-state index < -0.39 is 12.3 Å². The molecule has 2 aromatic rings. The topological polar surface area (TPSA) is 52.3 Å². The molecule has 0 radical (unpaired) electrons. The molecule has 106 valence electrons. The number of alkyl halides is 3. The second-order valence-corrected chi connectivity index (χ2v) is 4.96. The first-order valence-electron chi connectivity index (χ1n) is 5.55. The second-order valence-electron chi connectivity index (χ2n) is 4.05. The first-order valence-corrected chi connectivity index (χ1v) is 6.43. The smallest absolute Gasteiger partial charge is 0.406 e. The van der Waals surface area contributed by atoms with Gasteiger partial charge in [0.25, 0.3) is 5.91 Å². The van der Waals surface area contributed by atoms with E-state index >= 15 is 0 Å². The Kier molecular flexibility index (Phi) is 3.99. The molecular weight excluding hydrogens is 291 g/mol. The average molecular weight is 301 g/mol. The van der Waals surface area contributed by atoms with Crippen molar-refractivity contribution in [3.63, 3.8) is 0 Å². The molecule has 3 nitrogen and oxygen atoms in total. The van der Waals surface area contributed by atoms with E-state index in [1.54, 1.807) is 23.6 Å². The van der Waals surface area contributed by atoms with E-state index in [0.29, 0.717) is 11.3 Å². The Morgan fingerprint density at radius 3 is 2.35 bits per heavy atom. The third kappa shape index (κ3) is 3.99. The fraction of sp³-hybridized carbons (Fsp3) is 0.154. The zero-order valence-electron chi connectivity index (χ0n) is 10.1. The van der Waals surface area contributed by atoms with Crippen LogP contribution in [0.2, 0.25) is 0 Å². The van der Waals surface area contributed by atoms with Gasteiger partial charge < -0.3 is 10.5 Å². The summed E-state index contributed by atoms with van der Waals surface area (Å²) in [4.78, 5) is 11.4. The molecule has 0 saturated heterocycles. The monoisotopic (exact) mass is 301 g/mol. The minimum atomic E-state index is -4.69. The summed E-state index contributed by atoms with van der Waals surface area (Å²) in [5, 5.41) is 1.79. The number of thiophene rings is 1. The number of hydrogen-bond acceptors (Lipinski definition) is 3. The lowest BCUT2D eigenvalue weighted by Gasteiger charge is -2.09. The molecule has 2 N–H and O–H groups in total. The van der Waals surface area contributed by atoms with Gasteiger partial charge in [0.1, 0.15) is 5.75 Å². The van der Waals surface area contributed by atoms with Crippen LogP contribution in [0.4, 0.5) is 13.2 Å². The van der Waals surface area contributed by atoms with Gasteiger partial charge >= 0.3 is 6.36 Å². The zero-order chi connectivity index (χ0) is 14.8. The number of amides is 1. The van der Waals surface area contributed by atoms with Crippen molar-refractivity contribution >= 4 is 17.2 Å². The maximum atomic E-state index is 12.0. The minimum absolute atomic E-state index is 0.260. The van der Waals surface area contributed by atoms with E-state index in [1.165, 1.54) is 23.5 Å². The van der Waals surface area contributed by atoms with Crippen LogP contribution in [-0.2, 0) is 6.42 Å². The number of carbonyl (C=O) groups is 1. The van der Waals surface area contributed by atoms with Crippen LogP contribution in [-0.4, -0.2) is 12.3 Å². The molecule has 0 atom stereocenters. The van der Waals surface area contributed by atoms with Crippen LogP contribution in [0.25, 0.3) is 0 Å². The first-order chi connectivity index (χ1) is 9.33. The number of hydrogen-bond donors (Lipinski definition) is 1. The highest BCUT2D eigenvalue weighted by atomic mass is 32.1. The predicted molar refractivity (Wildman–Crippen MR) is 68.8 cm³/mol. The minimum Gasteiger partial charge on any atom is -0.406 e. The quantitative estimate of drug-likeness (QED) is 0.941. The van der Waals surface area contributed by atoms with Crippen LogP contribution in [0.3, 0.4) is 0 Å². The summed E-state index contributed by atoms with van der Waals surface area (Å²) < 4.78 is 39.8. The van der Waals surface area contributed by atoms with Crippen LogP contribution in [0.15, 0.2) is 35.7 Å². The van der Waals surface area contributed by atoms with Crippen LogP contribution in [0.1, 0.15) is 20.8 Å². The van der Waals surface area contributed by atoms with Crippen molar-refractivity contribution in [3.05, 3.63) is 51.7 Å². The van der Waals surface area contributed by atoms with Gasteiger partial charge in [-0.2, -0.15) is 0 Å². The van der Waals surface area contributed by atoms with E-state index in [0.717, 1.165) is 11.1 Å². The number of primary amides is 1. The van der Waals surface area contributed by atoms with Gasteiger partial charge in [0, 0.05) is 0 Å². The van der Waals surface area contributed by atoms with Crippen LogP contribution < -0.4 is 10.5 Å². The van der Waals surface area contributed by atoms with Gasteiger partial charge in [-0.3, -0.25) is 4.79 Å². The van der Waals surface area contributed by atoms with Gasteiger partial charge in [0.2, 0.25) is 0 Å². The van der Waals surface area contributed by atoms with Gasteiger partial charge in [-0.05, 0) is 41.1 Å². The second kappa shape index (κ2) is 5.54. The molecule has 1 heterocycles. The molecule has 0 saturated carbocycles. The normalized spacial score (nSPS) is 11.3. The molecule has 1 aromatic carbocycles. The SMILES string of the molecule is NC(=O)c1cc(Cc2ccc(OC(F)(F)F)cc2)cs1. The Bertz CT molecular complexity index is 605. The third-order valence-electron chi connectivity index (χ3n) is 2.46. The number of ether oxygens (including phenoxy) is 1. The van der Waals surface area contributed by atoms with Gasteiger partial charge in [0.15, 0.2) is 0 Å². The summed E-state index contributed by atoms with van der Waals surface area (Å²) in [7, 11) is 0. The first kappa shape index (κ1) is 14.4. The highest BCUT2D eigenvalue weighted by molar-refractivity contribution is 7.12. The van der Waals surface area contributed by atoms with Crippen molar-refractivity contribution in [2.24, 2.45) is 5.73 Å². The van der Waals surface area contributed by atoms with E-state index in [2.05, 4.69) is 4.74 Å². The van der Waals surface area contributed by atoms with Crippen molar-refractivity contribution in [1.82, 2.24) is 0 Å². The van der Waals surface area contributed by atoms with E-state index in [1.807, 2.05) is 0 Å². The standard InChI is InChI=1S/C13H10F3NO2S/c14-13(15,16)19-10-3-1-8(2-4-10)5-9-6-11(12(17)18)20-7-9/h1-4,6-7H,5H2,(H2,17,18). The summed E-state index contributed by atoms with van der Waals surface area (Å²) >= 11 is 1.24. The number of carbonyl (C=O) groups excluding carboxylic acids is 1. The molecule has 1 amide bonds. The molecule has 0 bridgehead atoms. The van der Waals surface area contributed by atoms with Gasteiger partial charge in [-0.15, -0.1) is 24.5 Å². The largest absolute Gasteiger partial charge is 0.573 e.